The summed E-state index contributed by atoms with van der Waals surface area (Å²) in [6.45, 7) is 9.29. The first kappa shape index (κ1) is 26.2. The molecule has 1 aromatic heterocycles. The second-order valence-electron chi connectivity index (χ2n) is 9.15. The third-order valence-corrected chi connectivity index (χ3v) is 6.31. The van der Waals surface area contributed by atoms with E-state index in [-0.39, 0.29) is 0 Å². The molecule has 2 heteroatoms. The molecule has 1 heterocycles. The van der Waals surface area contributed by atoms with Crippen LogP contribution in [0.2, 0.25) is 0 Å². The number of hydrogen-bond donors (Lipinski definition) is 0. The van der Waals surface area contributed by atoms with Crippen LogP contribution in [0.1, 0.15) is 142 Å². The summed E-state index contributed by atoms with van der Waals surface area (Å²) in [5.74, 6) is 1.58. The van der Waals surface area contributed by atoms with E-state index in [1.54, 1.807) is 5.82 Å². The molecule has 170 valence electrons. The molecule has 2 nitrogen and oxygen atoms in total. The summed E-state index contributed by atoms with van der Waals surface area (Å²) in [5.41, 5.74) is 0. The average Bonchev–Trinajstić information content (AvgIpc) is 3.10. The molecule has 29 heavy (non-hydrogen) atoms. The SMILES string of the molecule is CCCCCCCCCCCCCCc1n(CCCCCCC)cc[n+]1CCC. The van der Waals surface area contributed by atoms with Crippen LogP contribution in [0.15, 0.2) is 12.4 Å². The monoisotopic (exact) mass is 405 g/mol. The molecule has 0 aromatic carbocycles. The molecule has 0 atom stereocenters. The maximum absolute atomic E-state index is 2.56. The van der Waals surface area contributed by atoms with Gasteiger partial charge < -0.3 is 0 Å². The van der Waals surface area contributed by atoms with Gasteiger partial charge in [0.1, 0.15) is 12.4 Å². The Bertz CT molecular complexity index is 463. The molecular formula is C27H53N2+. The first-order valence-corrected chi connectivity index (χ1v) is 13.4. The average molecular weight is 406 g/mol. The maximum atomic E-state index is 2.56. The molecule has 0 N–H and O–H groups in total. The molecule has 0 fully saturated rings. The fourth-order valence-corrected chi connectivity index (χ4v) is 4.44. The van der Waals surface area contributed by atoms with Crippen LogP contribution in [0.4, 0.5) is 0 Å². The quantitative estimate of drug-likeness (QED) is 0.143. The minimum Gasteiger partial charge on any atom is -0.234 e. The van der Waals surface area contributed by atoms with Crippen molar-refractivity contribution < 1.29 is 4.57 Å². The Morgan fingerprint density at radius 1 is 0.586 bits per heavy atom. The molecule has 0 aliphatic heterocycles. The second-order valence-corrected chi connectivity index (χ2v) is 9.15. The summed E-state index contributed by atoms with van der Waals surface area (Å²) in [4.78, 5) is 0. The van der Waals surface area contributed by atoms with Gasteiger partial charge in [0.05, 0.1) is 13.1 Å². The van der Waals surface area contributed by atoms with Crippen LogP contribution in [0.3, 0.4) is 0 Å². The van der Waals surface area contributed by atoms with Gasteiger partial charge in [-0.25, -0.2) is 9.13 Å². The highest BCUT2D eigenvalue weighted by molar-refractivity contribution is 4.84. The van der Waals surface area contributed by atoms with Gasteiger partial charge in [-0.1, -0.05) is 111 Å². The van der Waals surface area contributed by atoms with Crippen molar-refractivity contribution in [2.45, 2.75) is 156 Å². The van der Waals surface area contributed by atoms with E-state index in [1.807, 2.05) is 0 Å². The Balaban J connectivity index is 2.16. The third kappa shape index (κ3) is 13.2. The molecule has 0 radical (unpaired) electrons. The smallest absolute Gasteiger partial charge is 0.234 e. The van der Waals surface area contributed by atoms with Gasteiger partial charge >= 0.3 is 0 Å². The van der Waals surface area contributed by atoms with E-state index in [1.165, 1.54) is 135 Å². The zero-order valence-corrected chi connectivity index (χ0v) is 20.4. The van der Waals surface area contributed by atoms with Gasteiger partial charge in [-0.15, -0.1) is 0 Å². The van der Waals surface area contributed by atoms with E-state index in [2.05, 4.69) is 42.3 Å². The largest absolute Gasteiger partial charge is 0.256 e. The lowest BCUT2D eigenvalue weighted by Crippen LogP contribution is -2.37. The highest BCUT2D eigenvalue weighted by Crippen LogP contribution is 2.13. The highest BCUT2D eigenvalue weighted by atomic mass is 15.1. The number of hydrogen-bond acceptors (Lipinski definition) is 0. The molecule has 0 aliphatic carbocycles. The van der Waals surface area contributed by atoms with Crippen molar-refractivity contribution in [3.05, 3.63) is 18.2 Å². The van der Waals surface area contributed by atoms with E-state index >= 15 is 0 Å². The lowest BCUT2D eigenvalue weighted by Gasteiger charge is -2.06. The van der Waals surface area contributed by atoms with E-state index in [4.69, 9.17) is 0 Å². The zero-order chi connectivity index (χ0) is 21.0. The Labute approximate surface area is 183 Å². The van der Waals surface area contributed by atoms with Gasteiger partial charge in [0.25, 0.3) is 5.82 Å². The minimum atomic E-state index is 1.18. The van der Waals surface area contributed by atoms with Crippen LogP contribution in [-0.2, 0) is 19.5 Å². The van der Waals surface area contributed by atoms with Crippen LogP contribution >= 0.6 is 0 Å². The zero-order valence-electron chi connectivity index (χ0n) is 20.4. The predicted molar refractivity (Wildman–Crippen MR) is 128 cm³/mol. The second kappa shape index (κ2) is 19.2. The maximum Gasteiger partial charge on any atom is 0.256 e. The number of aryl methyl sites for hydroxylation is 2. The molecule has 0 amide bonds. The van der Waals surface area contributed by atoms with Gasteiger partial charge in [0, 0.05) is 6.42 Å². The molecule has 0 unspecified atom stereocenters. The first-order valence-electron chi connectivity index (χ1n) is 13.4. The van der Waals surface area contributed by atoms with Gasteiger partial charge in [-0.05, 0) is 25.7 Å². The molecule has 0 saturated heterocycles. The Hall–Kier alpha value is -0.790. The number of unbranched alkanes of at least 4 members (excludes halogenated alkanes) is 15. The van der Waals surface area contributed by atoms with Gasteiger partial charge in [-0.3, -0.25) is 0 Å². The summed E-state index contributed by atoms with van der Waals surface area (Å²) in [7, 11) is 0. The van der Waals surface area contributed by atoms with Crippen molar-refractivity contribution in [1.82, 2.24) is 4.57 Å². The highest BCUT2D eigenvalue weighted by Gasteiger charge is 2.15. The topological polar surface area (TPSA) is 8.81 Å². The van der Waals surface area contributed by atoms with Crippen molar-refractivity contribution in [2.24, 2.45) is 0 Å². The Kier molecular flexibility index (Phi) is 17.4. The van der Waals surface area contributed by atoms with Crippen LogP contribution in [0, 0.1) is 0 Å². The number of aromatic nitrogens is 2. The molecule has 1 rings (SSSR count). The summed E-state index contributed by atoms with van der Waals surface area (Å²) >= 11 is 0. The minimum absolute atomic E-state index is 1.18. The van der Waals surface area contributed by atoms with E-state index in [9.17, 15) is 0 Å². The van der Waals surface area contributed by atoms with Crippen LogP contribution in [-0.4, -0.2) is 4.57 Å². The van der Waals surface area contributed by atoms with Crippen molar-refractivity contribution >= 4 is 0 Å². The summed E-state index contributed by atoms with van der Waals surface area (Å²) < 4.78 is 5.07. The van der Waals surface area contributed by atoms with Crippen LogP contribution in [0.5, 0.6) is 0 Å². The third-order valence-electron chi connectivity index (χ3n) is 6.31. The molecule has 0 spiro atoms. The summed E-state index contributed by atoms with van der Waals surface area (Å²) in [6, 6.07) is 0. The predicted octanol–water partition coefficient (Wildman–Crippen LogP) is 8.40. The fourth-order valence-electron chi connectivity index (χ4n) is 4.44. The number of rotatable bonds is 21. The van der Waals surface area contributed by atoms with Gasteiger partial charge in [-0.2, -0.15) is 0 Å². The fraction of sp³-hybridized carbons (Fsp3) is 0.889. The normalized spacial score (nSPS) is 11.4. The first-order chi connectivity index (χ1) is 14.3. The van der Waals surface area contributed by atoms with Gasteiger partial charge in [0.15, 0.2) is 0 Å². The van der Waals surface area contributed by atoms with Crippen LogP contribution in [0.25, 0.3) is 0 Å². The molecule has 0 aliphatic rings. The molecule has 0 saturated carbocycles. The Morgan fingerprint density at radius 3 is 1.59 bits per heavy atom. The number of nitrogens with zero attached hydrogens (tertiary/aromatic N) is 2. The molecule has 1 aromatic rings. The van der Waals surface area contributed by atoms with Gasteiger partial charge in [0.2, 0.25) is 0 Å². The van der Waals surface area contributed by atoms with Crippen molar-refractivity contribution in [1.29, 1.82) is 0 Å². The summed E-state index contributed by atoms with van der Waals surface area (Å²) in [5, 5.41) is 0. The van der Waals surface area contributed by atoms with Crippen LogP contribution < -0.4 is 4.57 Å². The van der Waals surface area contributed by atoms with Crippen molar-refractivity contribution in [2.75, 3.05) is 0 Å². The van der Waals surface area contributed by atoms with E-state index < -0.39 is 0 Å². The summed E-state index contributed by atoms with van der Waals surface area (Å²) in [6.07, 6.45) is 31.2. The number of imidazole rings is 1. The van der Waals surface area contributed by atoms with E-state index in [0.717, 1.165) is 0 Å². The molecule has 0 bridgehead atoms. The molecular weight excluding hydrogens is 352 g/mol. The lowest BCUT2D eigenvalue weighted by molar-refractivity contribution is -0.703. The van der Waals surface area contributed by atoms with Crippen molar-refractivity contribution in [3.63, 3.8) is 0 Å². The van der Waals surface area contributed by atoms with Crippen molar-refractivity contribution in [3.8, 4) is 0 Å². The lowest BCUT2D eigenvalue weighted by atomic mass is 10.0. The standard InChI is InChI=1S/C27H53N2/c1-4-7-9-11-12-13-14-15-16-17-18-20-22-27-28(23-6-3)25-26-29(27)24-21-19-10-8-5-2/h25-26H,4-24H2,1-3H3/q+1. The Morgan fingerprint density at radius 2 is 1.07 bits per heavy atom. The van der Waals surface area contributed by atoms with E-state index in [0.29, 0.717) is 0 Å².